The fourth-order valence-corrected chi connectivity index (χ4v) is 5.89. The zero-order valence-corrected chi connectivity index (χ0v) is 19.4. The number of hydrogen-bond donors (Lipinski definition) is 1. The van der Waals surface area contributed by atoms with E-state index in [9.17, 15) is 9.18 Å². The van der Waals surface area contributed by atoms with E-state index in [1.807, 2.05) is 20.8 Å². The number of thioether (sulfide) groups is 1. The quantitative estimate of drug-likeness (QED) is 0.604. The topological polar surface area (TPSA) is 99.7 Å². The summed E-state index contributed by atoms with van der Waals surface area (Å²) >= 11 is 1.51. The van der Waals surface area contributed by atoms with Crippen LogP contribution >= 0.6 is 11.8 Å². The van der Waals surface area contributed by atoms with Crippen molar-refractivity contribution < 1.29 is 18.7 Å². The summed E-state index contributed by atoms with van der Waals surface area (Å²) in [6.07, 6.45) is 3.72. The molecule has 9 heteroatoms. The van der Waals surface area contributed by atoms with E-state index in [2.05, 4.69) is 15.0 Å². The lowest BCUT2D eigenvalue weighted by Crippen LogP contribution is -2.37. The van der Waals surface area contributed by atoms with Gasteiger partial charge in [-0.15, -0.1) is 0 Å². The summed E-state index contributed by atoms with van der Waals surface area (Å²) in [4.78, 5) is 25.7. The van der Waals surface area contributed by atoms with E-state index in [0.29, 0.717) is 28.8 Å². The fraction of sp³-hybridized carbons (Fsp3) is 0.478. The van der Waals surface area contributed by atoms with Crippen molar-refractivity contribution in [1.82, 2.24) is 9.97 Å². The lowest BCUT2D eigenvalue weighted by Gasteiger charge is -2.34. The number of rotatable bonds is 8. The van der Waals surface area contributed by atoms with E-state index in [1.165, 1.54) is 30.2 Å². The van der Waals surface area contributed by atoms with Gasteiger partial charge < -0.3 is 15.2 Å². The van der Waals surface area contributed by atoms with Crippen LogP contribution in [0.1, 0.15) is 48.8 Å². The highest BCUT2D eigenvalue weighted by molar-refractivity contribution is 8.15. The molecule has 0 amide bonds. The zero-order valence-electron chi connectivity index (χ0n) is 18.6. The second kappa shape index (κ2) is 8.44. The summed E-state index contributed by atoms with van der Waals surface area (Å²) < 4.78 is 25.7. The maximum atomic E-state index is 15.0. The first kappa shape index (κ1) is 22.7. The van der Waals surface area contributed by atoms with E-state index < -0.39 is 5.54 Å². The Kier molecular flexibility index (Phi) is 5.98. The number of carbonyl (C=O) groups excluding carboxylic acids is 1. The van der Waals surface area contributed by atoms with Crippen LogP contribution in [0.4, 0.5) is 4.39 Å². The largest absolute Gasteiger partial charge is 0.474 e. The van der Waals surface area contributed by atoms with Crippen molar-refractivity contribution in [2.45, 2.75) is 50.0 Å². The van der Waals surface area contributed by atoms with Crippen molar-refractivity contribution in [1.29, 1.82) is 0 Å². The smallest absolute Gasteiger partial charge is 0.232 e. The maximum Gasteiger partial charge on any atom is 0.232 e. The van der Waals surface area contributed by atoms with Crippen molar-refractivity contribution >= 4 is 22.7 Å². The standard InChI is InChI=1S/C23H27FN4O3S/c1-13(2)31-20-11-26-17(10-27-20)18(29)8-14-5-6-16(24)15(7-14)22(3)19-9-23(19,12-30-4)32-21(25)28-22/h5-7,10-11,13,19H,8-9,12H2,1-4H3,(H2,25,28)/t19-,22+,23+/m0/s1. The zero-order chi connectivity index (χ0) is 23.1. The van der Waals surface area contributed by atoms with Crippen molar-refractivity contribution in [2.75, 3.05) is 13.7 Å². The van der Waals surface area contributed by atoms with Gasteiger partial charge in [0.2, 0.25) is 5.88 Å². The van der Waals surface area contributed by atoms with Crippen LogP contribution in [0.5, 0.6) is 5.88 Å². The second-order valence-corrected chi connectivity index (χ2v) is 10.2. The molecule has 2 aliphatic rings. The van der Waals surface area contributed by atoms with E-state index >= 15 is 0 Å². The highest BCUT2D eigenvalue weighted by Gasteiger charge is 2.66. The lowest BCUT2D eigenvalue weighted by molar-refractivity contribution is 0.0987. The molecule has 7 nitrogen and oxygen atoms in total. The molecule has 1 fully saturated rings. The number of hydrogen-bond acceptors (Lipinski definition) is 8. The summed E-state index contributed by atoms with van der Waals surface area (Å²) in [5.41, 5.74) is 6.67. The van der Waals surface area contributed by atoms with Crippen LogP contribution in [0.15, 0.2) is 35.6 Å². The Morgan fingerprint density at radius 3 is 2.78 bits per heavy atom. The van der Waals surface area contributed by atoms with Crippen molar-refractivity contribution in [3.8, 4) is 5.88 Å². The first-order chi connectivity index (χ1) is 15.2. The molecule has 4 rings (SSSR count). The number of nitrogens with two attached hydrogens (primary N) is 1. The van der Waals surface area contributed by atoms with Gasteiger partial charge in [-0.2, -0.15) is 0 Å². The third kappa shape index (κ3) is 4.23. The molecular weight excluding hydrogens is 431 g/mol. The Bertz CT molecular complexity index is 1060. The molecule has 1 saturated carbocycles. The Hall–Kier alpha value is -2.52. The molecule has 0 unspecified atom stereocenters. The molecule has 0 saturated heterocycles. The van der Waals surface area contributed by atoms with E-state index in [4.69, 9.17) is 15.2 Å². The first-order valence-electron chi connectivity index (χ1n) is 10.5. The average Bonchev–Trinajstić information content (AvgIpc) is 3.44. The Morgan fingerprint density at radius 1 is 1.34 bits per heavy atom. The van der Waals surface area contributed by atoms with Crippen molar-refractivity contribution in [2.24, 2.45) is 16.6 Å². The number of halogens is 1. The van der Waals surface area contributed by atoms with Crippen LogP contribution in [0.2, 0.25) is 0 Å². The molecule has 32 heavy (non-hydrogen) atoms. The minimum absolute atomic E-state index is 0.0335. The van der Waals surface area contributed by atoms with E-state index in [0.717, 1.165) is 6.42 Å². The summed E-state index contributed by atoms with van der Waals surface area (Å²) in [5, 5.41) is 0.429. The van der Waals surface area contributed by atoms with Crippen LogP contribution in [-0.2, 0) is 16.7 Å². The normalized spacial score (nSPS) is 26.4. The lowest BCUT2D eigenvalue weighted by atomic mass is 9.84. The minimum Gasteiger partial charge on any atom is -0.474 e. The predicted octanol–water partition coefficient (Wildman–Crippen LogP) is 3.51. The number of aromatic nitrogens is 2. The van der Waals surface area contributed by atoms with Gasteiger partial charge >= 0.3 is 0 Å². The van der Waals surface area contributed by atoms with Crippen LogP contribution < -0.4 is 10.5 Å². The molecule has 2 aromatic rings. The Morgan fingerprint density at radius 2 is 2.12 bits per heavy atom. The monoisotopic (exact) mass is 458 g/mol. The van der Waals surface area contributed by atoms with E-state index in [1.54, 1.807) is 19.2 Å². The third-order valence-corrected chi connectivity index (χ3v) is 7.23. The Balaban J connectivity index is 1.57. The van der Waals surface area contributed by atoms with Crippen molar-refractivity contribution in [3.05, 3.63) is 53.2 Å². The summed E-state index contributed by atoms with van der Waals surface area (Å²) in [5.74, 6) is -0.103. The number of aliphatic imine (C=N–C) groups is 1. The van der Waals surface area contributed by atoms with Gasteiger partial charge in [0.05, 0.1) is 35.4 Å². The maximum absolute atomic E-state index is 15.0. The molecule has 1 aliphatic carbocycles. The van der Waals surface area contributed by atoms with Crippen molar-refractivity contribution in [3.63, 3.8) is 0 Å². The summed E-state index contributed by atoms with van der Waals surface area (Å²) in [7, 11) is 1.65. The number of carbonyl (C=O) groups is 1. The first-order valence-corrected chi connectivity index (χ1v) is 11.3. The van der Waals surface area contributed by atoms with Gasteiger partial charge in [0.1, 0.15) is 11.5 Å². The SMILES string of the molecule is COC[C@]12C[C@H]1[C@@](C)(c1cc(CC(=O)c3cnc(OC(C)C)cn3)ccc1F)N=C(N)S2. The molecule has 1 aliphatic heterocycles. The molecule has 2 N–H and O–H groups in total. The number of amidine groups is 1. The highest BCUT2D eigenvalue weighted by Crippen LogP contribution is 2.65. The van der Waals surface area contributed by atoms with Crippen LogP contribution in [0.25, 0.3) is 0 Å². The van der Waals surface area contributed by atoms with Crippen LogP contribution in [0.3, 0.4) is 0 Å². The number of ketones is 1. The fourth-order valence-electron chi connectivity index (χ4n) is 4.44. The minimum atomic E-state index is -0.813. The number of fused-ring (bicyclic) bond motifs is 1. The summed E-state index contributed by atoms with van der Waals surface area (Å²) in [6.45, 7) is 6.21. The number of benzene rings is 1. The van der Waals surface area contributed by atoms with Gasteiger partial charge in [-0.3, -0.25) is 9.79 Å². The van der Waals surface area contributed by atoms with Gasteiger partial charge in [0.25, 0.3) is 0 Å². The number of Topliss-reactive ketones (excluding diaryl/α,β-unsaturated/α-hetero) is 1. The number of ether oxygens (including phenoxy) is 2. The van der Waals surface area contributed by atoms with E-state index in [-0.39, 0.29) is 40.5 Å². The van der Waals surface area contributed by atoms with Crippen LogP contribution in [0, 0.1) is 11.7 Å². The summed E-state index contributed by atoms with van der Waals surface area (Å²) in [6, 6.07) is 4.73. The van der Waals surface area contributed by atoms with Gasteiger partial charge in [0.15, 0.2) is 11.0 Å². The highest BCUT2D eigenvalue weighted by atomic mass is 32.2. The average molecular weight is 459 g/mol. The molecule has 3 atom stereocenters. The third-order valence-electron chi connectivity index (χ3n) is 5.95. The number of nitrogens with zero attached hydrogens (tertiary/aromatic N) is 3. The molecule has 0 radical (unpaired) electrons. The second-order valence-electron chi connectivity index (χ2n) is 8.77. The van der Waals surface area contributed by atoms with Gasteiger partial charge in [-0.05, 0) is 44.9 Å². The molecular formula is C23H27FN4O3S. The molecule has 0 bridgehead atoms. The van der Waals surface area contributed by atoms with Gasteiger partial charge in [-0.1, -0.05) is 17.8 Å². The van der Waals surface area contributed by atoms with Gasteiger partial charge in [-0.25, -0.2) is 14.4 Å². The number of methoxy groups -OCH3 is 1. The molecule has 170 valence electrons. The molecule has 1 aromatic carbocycles. The molecule has 1 aromatic heterocycles. The van der Waals surface area contributed by atoms with Gasteiger partial charge in [0, 0.05) is 25.0 Å². The Labute approximate surface area is 191 Å². The van der Waals surface area contributed by atoms with Crippen LogP contribution in [-0.4, -0.2) is 45.5 Å². The molecule has 2 heterocycles. The predicted molar refractivity (Wildman–Crippen MR) is 122 cm³/mol. The molecule has 0 spiro atoms.